The van der Waals surface area contributed by atoms with E-state index in [9.17, 15) is 0 Å². The molecule has 1 aromatic heterocycles. The molecule has 2 nitrogen and oxygen atoms in total. The van der Waals surface area contributed by atoms with Gasteiger partial charge in [0.1, 0.15) is 0 Å². The van der Waals surface area contributed by atoms with Crippen molar-refractivity contribution in [2.24, 2.45) is 5.73 Å². The van der Waals surface area contributed by atoms with E-state index in [1.54, 1.807) is 11.3 Å². The Bertz CT molecular complexity index is 422. The normalized spacial score (nSPS) is 12.7. The van der Waals surface area contributed by atoms with Gasteiger partial charge < -0.3 is 5.73 Å². The first kappa shape index (κ1) is 10.3. The second-order valence-electron chi connectivity index (χ2n) is 3.58. The summed E-state index contributed by atoms with van der Waals surface area (Å²) in [7, 11) is 0. The summed E-state index contributed by atoms with van der Waals surface area (Å²) < 4.78 is 0. The van der Waals surface area contributed by atoms with Crippen molar-refractivity contribution >= 4 is 11.3 Å². The fourth-order valence-electron chi connectivity index (χ4n) is 1.55. The molecule has 2 rings (SSSR count). The van der Waals surface area contributed by atoms with Crippen molar-refractivity contribution in [2.45, 2.75) is 19.4 Å². The first-order chi connectivity index (χ1) is 7.25. The molecule has 1 atom stereocenters. The number of hydrogen-bond acceptors (Lipinski definition) is 3. The highest BCUT2D eigenvalue weighted by Crippen LogP contribution is 2.17. The van der Waals surface area contributed by atoms with Crippen LogP contribution in [0.4, 0.5) is 0 Å². The monoisotopic (exact) mass is 218 g/mol. The molecule has 0 fully saturated rings. The van der Waals surface area contributed by atoms with E-state index in [4.69, 9.17) is 5.73 Å². The van der Waals surface area contributed by atoms with Gasteiger partial charge in [-0.2, -0.15) is 0 Å². The van der Waals surface area contributed by atoms with Crippen LogP contribution in [-0.2, 0) is 6.42 Å². The highest BCUT2D eigenvalue weighted by molar-refractivity contribution is 7.09. The van der Waals surface area contributed by atoms with Gasteiger partial charge >= 0.3 is 0 Å². The Kier molecular flexibility index (Phi) is 3.14. The number of hydrogen-bond donors (Lipinski definition) is 1. The Balaban J connectivity index is 2.07. The molecule has 1 unspecified atom stereocenters. The van der Waals surface area contributed by atoms with Gasteiger partial charge in [0.05, 0.1) is 10.7 Å². The highest BCUT2D eigenvalue weighted by atomic mass is 32.1. The quantitative estimate of drug-likeness (QED) is 0.860. The van der Waals surface area contributed by atoms with E-state index in [0.29, 0.717) is 0 Å². The molecule has 2 aromatic rings. The van der Waals surface area contributed by atoms with Crippen molar-refractivity contribution in [3.63, 3.8) is 0 Å². The second kappa shape index (κ2) is 4.55. The molecule has 15 heavy (non-hydrogen) atoms. The second-order valence-corrected chi connectivity index (χ2v) is 4.64. The van der Waals surface area contributed by atoms with Gasteiger partial charge in [0, 0.05) is 17.8 Å². The molecular weight excluding hydrogens is 204 g/mol. The zero-order valence-electron chi connectivity index (χ0n) is 8.68. The van der Waals surface area contributed by atoms with E-state index in [1.807, 2.05) is 25.1 Å². The lowest BCUT2D eigenvalue weighted by molar-refractivity contribution is 0.709. The molecule has 0 bridgehead atoms. The van der Waals surface area contributed by atoms with Gasteiger partial charge in [-0.1, -0.05) is 30.3 Å². The van der Waals surface area contributed by atoms with Gasteiger partial charge in [0.25, 0.3) is 0 Å². The van der Waals surface area contributed by atoms with Gasteiger partial charge in [-0.25, -0.2) is 4.98 Å². The largest absolute Gasteiger partial charge is 0.324 e. The fraction of sp³-hybridized carbons (Fsp3) is 0.250. The molecule has 0 spiro atoms. The molecule has 78 valence electrons. The molecule has 1 heterocycles. The first-order valence-corrected chi connectivity index (χ1v) is 5.85. The minimum absolute atomic E-state index is 0.0488. The number of aromatic nitrogens is 1. The maximum absolute atomic E-state index is 6.10. The SMILES string of the molecule is Cc1nc(CC(N)c2ccccc2)cs1. The van der Waals surface area contributed by atoms with Crippen LogP contribution in [0.3, 0.4) is 0 Å². The summed E-state index contributed by atoms with van der Waals surface area (Å²) in [5, 5.41) is 3.18. The Hall–Kier alpha value is -1.19. The van der Waals surface area contributed by atoms with Crippen LogP contribution in [-0.4, -0.2) is 4.98 Å². The molecule has 0 radical (unpaired) electrons. The Morgan fingerprint density at radius 3 is 2.67 bits per heavy atom. The lowest BCUT2D eigenvalue weighted by Crippen LogP contribution is -2.13. The molecule has 2 N–H and O–H groups in total. The number of aryl methyl sites for hydroxylation is 1. The fourth-order valence-corrected chi connectivity index (χ4v) is 2.17. The average Bonchev–Trinajstić information content (AvgIpc) is 2.65. The molecular formula is C12H14N2S. The van der Waals surface area contributed by atoms with Gasteiger partial charge in [0.15, 0.2) is 0 Å². The molecule has 0 amide bonds. The number of nitrogens with two attached hydrogens (primary N) is 1. The van der Waals surface area contributed by atoms with Crippen molar-refractivity contribution in [1.82, 2.24) is 4.98 Å². The van der Waals surface area contributed by atoms with Crippen LogP contribution in [0.5, 0.6) is 0 Å². The topological polar surface area (TPSA) is 38.9 Å². The Labute approximate surface area is 93.8 Å². The third kappa shape index (κ3) is 2.64. The van der Waals surface area contributed by atoms with Crippen molar-refractivity contribution in [3.8, 4) is 0 Å². The summed E-state index contributed by atoms with van der Waals surface area (Å²) in [4.78, 5) is 4.41. The minimum atomic E-state index is 0.0488. The molecule has 0 saturated heterocycles. The van der Waals surface area contributed by atoms with Crippen molar-refractivity contribution in [1.29, 1.82) is 0 Å². The maximum atomic E-state index is 6.10. The number of nitrogens with zero attached hydrogens (tertiary/aromatic N) is 1. The Morgan fingerprint density at radius 2 is 2.07 bits per heavy atom. The number of benzene rings is 1. The average molecular weight is 218 g/mol. The lowest BCUT2D eigenvalue weighted by Gasteiger charge is -2.09. The maximum Gasteiger partial charge on any atom is 0.0897 e. The van der Waals surface area contributed by atoms with Crippen LogP contribution >= 0.6 is 11.3 Å². The van der Waals surface area contributed by atoms with Gasteiger partial charge in [-0.05, 0) is 12.5 Å². The third-order valence-electron chi connectivity index (χ3n) is 2.32. The van der Waals surface area contributed by atoms with Crippen molar-refractivity contribution in [3.05, 3.63) is 52.0 Å². The van der Waals surface area contributed by atoms with Gasteiger partial charge in [0.2, 0.25) is 0 Å². The van der Waals surface area contributed by atoms with Crippen LogP contribution in [0.2, 0.25) is 0 Å². The van der Waals surface area contributed by atoms with E-state index in [1.165, 1.54) is 5.56 Å². The van der Waals surface area contributed by atoms with Crippen LogP contribution in [0.15, 0.2) is 35.7 Å². The smallest absolute Gasteiger partial charge is 0.0897 e. The summed E-state index contributed by atoms with van der Waals surface area (Å²) in [5.74, 6) is 0. The number of thiazole rings is 1. The van der Waals surface area contributed by atoms with E-state index in [0.717, 1.165) is 17.1 Å². The van der Waals surface area contributed by atoms with E-state index < -0.39 is 0 Å². The van der Waals surface area contributed by atoms with E-state index in [-0.39, 0.29) is 6.04 Å². The molecule has 3 heteroatoms. The third-order valence-corrected chi connectivity index (χ3v) is 3.15. The molecule has 0 aliphatic heterocycles. The zero-order valence-corrected chi connectivity index (χ0v) is 9.50. The standard InChI is InChI=1S/C12H14N2S/c1-9-14-11(8-15-9)7-12(13)10-5-3-2-4-6-10/h2-6,8,12H,7,13H2,1H3. The zero-order chi connectivity index (χ0) is 10.7. The summed E-state index contributed by atoms with van der Waals surface area (Å²) in [6.45, 7) is 2.02. The summed E-state index contributed by atoms with van der Waals surface area (Å²) >= 11 is 1.67. The van der Waals surface area contributed by atoms with E-state index in [2.05, 4.69) is 22.5 Å². The van der Waals surface area contributed by atoms with Crippen molar-refractivity contribution in [2.75, 3.05) is 0 Å². The lowest BCUT2D eigenvalue weighted by atomic mass is 10.0. The predicted octanol–water partition coefficient (Wildman–Crippen LogP) is 2.69. The van der Waals surface area contributed by atoms with Gasteiger partial charge in [-0.15, -0.1) is 11.3 Å². The molecule has 0 aliphatic rings. The van der Waals surface area contributed by atoms with Crippen LogP contribution < -0.4 is 5.73 Å². The van der Waals surface area contributed by atoms with Crippen molar-refractivity contribution < 1.29 is 0 Å². The Morgan fingerprint density at radius 1 is 1.33 bits per heavy atom. The van der Waals surface area contributed by atoms with Gasteiger partial charge in [-0.3, -0.25) is 0 Å². The molecule has 0 aliphatic carbocycles. The summed E-state index contributed by atoms with van der Waals surface area (Å²) in [5.41, 5.74) is 8.36. The summed E-state index contributed by atoms with van der Waals surface area (Å²) in [6.07, 6.45) is 0.814. The predicted molar refractivity (Wildman–Crippen MR) is 63.9 cm³/mol. The minimum Gasteiger partial charge on any atom is -0.324 e. The van der Waals surface area contributed by atoms with Crippen LogP contribution in [0.1, 0.15) is 22.3 Å². The summed E-state index contributed by atoms with van der Waals surface area (Å²) in [6, 6.07) is 10.2. The first-order valence-electron chi connectivity index (χ1n) is 4.97. The molecule has 1 aromatic carbocycles. The van der Waals surface area contributed by atoms with Crippen LogP contribution in [0.25, 0.3) is 0 Å². The highest BCUT2D eigenvalue weighted by Gasteiger charge is 2.08. The number of rotatable bonds is 3. The van der Waals surface area contributed by atoms with Crippen LogP contribution in [0, 0.1) is 6.92 Å². The molecule has 0 saturated carbocycles. The van der Waals surface area contributed by atoms with E-state index >= 15 is 0 Å².